The van der Waals surface area contributed by atoms with Gasteiger partial charge in [0.2, 0.25) is 0 Å². The first kappa shape index (κ1) is 13.4. The van der Waals surface area contributed by atoms with Crippen molar-refractivity contribution in [3.63, 3.8) is 0 Å². The normalized spacial score (nSPS) is 10.4. The minimum Gasteiger partial charge on any atom is -0.478 e. The second-order valence-corrected chi connectivity index (χ2v) is 5.12. The largest absolute Gasteiger partial charge is 0.478 e. The molecule has 0 fully saturated rings. The van der Waals surface area contributed by atoms with Gasteiger partial charge in [0.1, 0.15) is 10.0 Å². The molecule has 1 heterocycles. The van der Waals surface area contributed by atoms with Gasteiger partial charge in [-0.3, -0.25) is 0 Å². The molecule has 0 unspecified atom stereocenters. The molecule has 5 nitrogen and oxygen atoms in total. The zero-order valence-electron chi connectivity index (χ0n) is 10.5. The predicted octanol–water partition coefficient (Wildman–Crippen LogP) is 2.91. The highest BCUT2D eigenvalue weighted by Crippen LogP contribution is 2.31. The fourth-order valence-electron chi connectivity index (χ4n) is 1.70. The second-order valence-electron chi connectivity index (χ2n) is 4.06. The fraction of sp³-hybridized carbons (Fsp3) is 0.231. The van der Waals surface area contributed by atoms with E-state index in [9.17, 15) is 9.90 Å². The molecule has 0 atom stereocenters. The topological polar surface area (TPSA) is 88.2 Å². The maximum absolute atomic E-state index is 11.3. The number of thiazole rings is 1. The van der Waals surface area contributed by atoms with Crippen molar-refractivity contribution >= 4 is 28.0 Å². The minimum atomic E-state index is -0.969. The third-order valence-corrected chi connectivity index (χ3v) is 3.44. The van der Waals surface area contributed by atoms with Crippen molar-refractivity contribution in [3.05, 3.63) is 30.0 Å². The summed E-state index contributed by atoms with van der Waals surface area (Å²) in [5.74, 6) is -0.969. The van der Waals surface area contributed by atoms with E-state index in [-0.39, 0.29) is 5.56 Å². The van der Waals surface area contributed by atoms with E-state index in [2.05, 4.69) is 17.2 Å². The Morgan fingerprint density at radius 1 is 1.53 bits per heavy atom. The van der Waals surface area contributed by atoms with Crippen molar-refractivity contribution in [1.82, 2.24) is 4.98 Å². The molecule has 0 saturated heterocycles. The molecule has 0 spiro atoms. The number of aromatic nitrogens is 1. The molecule has 6 heteroatoms. The SMILES string of the molecule is CCCNc1ccc(-c2ncc(N)s2)c(C(=O)O)c1. The van der Waals surface area contributed by atoms with Gasteiger partial charge in [-0.05, 0) is 24.6 Å². The Morgan fingerprint density at radius 2 is 2.32 bits per heavy atom. The molecule has 4 N–H and O–H groups in total. The van der Waals surface area contributed by atoms with Crippen LogP contribution in [0.4, 0.5) is 10.7 Å². The fourth-order valence-corrected chi connectivity index (χ4v) is 2.42. The molecule has 2 rings (SSSR count). The smallest absolute Gasteiger partial charge is 0.336 e. The molecule has 0 radical (unpaired) electrons. The van der Waals surface area contributed by atoms with Crippen molar-refractivity contribution in [2.24, 2.45) is 0 Å². The summed E-state index contributed by atoms with van der Waals surface area (Å²) in [6.07, 6.45) is 2.52. The van der Waals surface area contributed by atoms with Crippen LogP contribution in [-0.2, 0) is 0 Å². The molecule has 0 saturated carbocycles. The van der Waals surface area contributed by atoms with Crippen LogP contribution in [0, 0.1) is 0 Å². The van der Waals surface area contributed by atoms with Crippen molar-refractivity contribution in [2.45, 2.75) is 13.3 Å². The van der Waals surface area contributed by atoms with Crippen LogP contribution in [0.5, 0.6) is 0 Å². The zero-order valence-corrected chi connectivity index (χ0v) is 11.3. The summed E-state index contributed by atoms with van der Waals surface area (Å²) in [5, 5.41) is 13.7. The average molecular weight is 277 g/mol. The monoisotopic (exact) mass is 277 g/mol. The molecule has 1 aromatic carbocycles. The number of aromatic carboxylic acids is 1. The Hall–Kier alpha value is -2.08. The molecule has 19 heavy (non-hydrogen) atoms. The summed E-state index contributed by atoms with van der Waals surface area (Å²) in [5.41, 5.74) is 7.26. The number of nitrogens with zero attached hydrogens (tertiary/aromatic N) is 1. The van der Waals surface area contributed by atoms with E-state index in [0.717, 1.165) is 18.7 Å². The lowest BCUT2D eigenvalue weighted by molar-refractivity contribution is 0.0698. The van der Waals surface area contributed by atoms with E-state index >= 15 is 0 Å². The lowest BCUT2D eigenvalue weighted by Crippen LogP contribution is -2.04. The molecule has 100 valence electrons. The standard InChI is InChI=1S/C13H15N3O2S/c1-2-5-15-8-3-4-9(10(6-8)13(17)18)12-16-7-11(14)19-12/h3-4,6-7,15H,2,5,14H2,1H3,(H,17,18). The van der Waals surface area contributed by atoms with Gasteiger partial charge in [0, 0.05) is 17.8 Å². The summed E-state index contributed by atoms with van der Waals surface area (Å²) >= 11 is 1.28. The van der Waals surface area contributed by atoms with Crippen LogP contribution in [0.2, 0.25) is 0 Å². The number of hydrogen-bond acceptors (Lipinski definition) is 5. The van der Waals surface area contributed by atoms with Gasteiger partial charge in [-0.1, -0.05) is 18.3 Å². The molecule has 0 aliphatic carbocycles. The maximum Gasteiger partial charge on any atom is 0.336 e. The van der Waals surface area contributed by atoms with Gasteiger partial charge in [-0.15, -0.1) is 0 Å². The van der Waals surface area contributed by atoms with Gasteiger partial charge >= 0.3 is 5.97 Å². The quantitative estimate of drug-likeness (QED) is 0.782. The Morgan fingerprint density at radius 3 is 2.89 bits per heavy atom. The summed E-state index contributed by atoms with van der Waals surface area (Å²) in [4.78, 5) is 15.5. The number of carboxylic acid groups (broad SMARTS) is 1. The van der Waals surface area contributed by atoms with Crippen LogP contribution in [-0.4, -0.2) is 22.6 Å². The Balaban J connectivity index is 2.41. The average Bonchev–Trinajstić information content (AvgIpc) is 2.82. The number of nitrogens with two attached hydrogens (primary N) is 1. The molecule has 0 bridgehead atoms. The first-order valence-corrected chi connectivity index (χ1v) is 6.76. The maximum atomic E-state index is 11.3. The number of hydrogen-bond donors (Lipinski definition) is 3. The number of benzene rings is 1. The Labute approximate surface area is 115 Å². The highest BCUT2D eigenvalue weighted by molar-refractivity contribution is 7.18. The molecule has 0 amide bonds. The van der Waals surface area contributed by atoms with Gasteiger partial charge in [-0.2, -0.15) is 0 Å². The highest BCUT2D eigenvalue weighted by Gasteiger charge is 2.15. The predicted molar refractivity (Wildman–Crippen MR) is 77.7 cm³/mol. The molecule has 0 aliphatic heterocycles. The lowest BCUT2D eigenvalue weighted by Gasteiger charge is -2.08. The number of nitrogens with one attached hydrogen (secondary N) is 1. The van der Waals surface area contributed by atoms with E-state index in [4.69, 9.17) is 5.73 Å². The van der Waals surface area contributed by atoms with Crippen molar-refractivity contribution < 1.29 is 9.90 Å². The number of nitrogen functional groups attached to an aromatic ring is 1. The van der Waals surface area contributed by atoms with Gasteiger partial charge < -0.3 is 16.2 Å². The third-order valence-electron chi connectivity index (χ3n) is 2.58. The molecule has 2 aromatic rings. The molecular weight excluding hydrogens is 262 g/mol. The van der Waals surface area contributed by atoms with Crippen molar-refractivity contribution in [2.75, 3.05) is 17.6 Å². The van der Waals surface area contributed by atoms with Gasteiger partial charge in [0.15, 0.2) is 0 Å². The number of carbonyl (C=O) groups is 1. The van der Waals surface area contributed by atoms with Gasteiger partial charge in [0.05, 0.1) is 11.8 Å². The minimum absolute atomic E-state index is 0.232. The van der Waals surface area contributed by atoms with E-state index in [0.29, 0.717) is 15.6 Å². The van der Waals surface area contributed by atoms with Crippen LogP contribution in [0.3, 0.4) is 0 Å². The van der Waals surface area contributed by atoms with Crippen LogP contribution >= 0.6 is 11.3 Å². The number of anilines is 2. The first-order chi connectivity index (χ1) is 9.11. The highest BCUT2D eigenvalue weighted by atomic mass is 32.1. The number of rotatable bonds is 5. The Kier molecular flexibility index (Phi) is 4.01. The van der Waals surface area contributed by atoms with Crippen LogP contribution in [0.1, 0.15) is 23.7 Å². The summed E-state index contributed by atoms with van der Waals surface area (Å²) in [7, 11) is 0. The van der Waals surface area contributed by atoms with Crippen LogP contribution in [0.25, 0.3) is 10.6 Å². The Bertz CT molecular complexity index is 595. The van der Waals surface area contributed by atoms with E-state index in [1.165, 1.54) is 17.5 Å². The van der Waals surface area contributed by atoms with Crippen LogP contribution in [0.15, 0.2) is 24.4 Å². The molecular formula is C13H15N3O2S. The van der Waals surface area contributed by atoms with Gasteiger partial charge in [-0.25, -0.2) is 9.78 Å². The third kappa shape index (κ3) is 3.03. The zero-order chi connectivity index (χ0) is 13.8. The molecule has 1 aromatic heterocycles. The summed E-state index contributed by atoms with van der Waals surface area (Å²) in [6, 6.07) is 5.25. The first-order valence-electron chi connectivity index (χ1n) is 5.94. The number of carboxylic acids is 1. The van der Waals surface area contributed by atoms with Crippen molar-refractivity contribution in [3.8, 4) is 10.6 Å². The van der Waals surface area contributed by atoms with E-state index in [1.54, 1.807) is 12.1 Å². The molecule has 0 aliphatic rings. The lowest BCUT2D eigenvalue weighted by atomic mass is 10.1. The summed E-state index contributed by atoms with van der Waals surface area (Å²) in [6.45, 7) is 2.86. The van der Waals surface area contributed by atoms with Crippen molar-refractivity contribution in [1.29, 1.82) is 0 Å². The van der Waals surface area contributed by atoms with Gasteiger partial charge in [0.25, 0.3) is 0 Å². The summed E-state index contributed by atoms with van der Waals surface area (Å²) < 4.78 is 0. The van der Waals surface area contributed by atoms with E-state index in [1.807, 2.05) is 6.07 Å². The second kappa shape index (κ2) is 5.71. The van der Waals surface area contributed by atoms with E-state index < -0.39 is 5.97 Å². The van der Waals surface area contributed by atoms with Crippen LogP contribution < -0.4 is 11.1 Å².